The Kier molecular flexibility index (Phi) is 6.64. The third-order valence-corrected chi connectivity index (χ3v) is 1.35. The van der Waals surface area contributed by atoms with Gasteiger partial charge < -0.3 is 21.5 Å². The summed E-state index contributed by atoms with van der Waals surface area (Å²) in [5.41, 5.74) is 4.84. The third-order valence-electron chi connectivity index (χ3n) is 1.35. The second-order valence-electron chi connectivity index (χ2n) is 2.63. The van der Waals surface area contributed by atoms with Gasteiger partial charge in [-0.3, -0.25) is 4.79 Å². The Morgan fingerprint density at radius 3 is 1.67 bits per heavy atom. The highest BCUT2D eigenvalue weighted by molar-refractivity contribution is 5.72. The molecule has 1 aliphatic rings. The van der Waals surface area contributed by atoms with Gasteiger partial charge in [0.2, 0.25) is 0 Å². The fourth-order valence-electron chi connectivity index (χ4n) is 0.604. The predicted octanol–water partition coefficient (Wildman–Crippen LogP) is -1.40. The van der Waals surface area contributed by atoms with Crippen molar-refractivity contribution in [2.24, 2.45) is 5.73 Å². The summed E-state index contributed by atoms with van der Waals surface area (Å²) in [5.74, 6) is -0.963. The van der Waals surface area contributed by atoms with Crippen molar-refractivity contribution in [3.05, 3.63) is 0 Å². The van der Waals surface area contributed by atoms with Gasteiger partial charge in [-0.05, 0) is 6.92 Å². The van der Waals surface area contributed by atoms with Crippen LogP contribution in [-0.4, -0.2) is 43.3 Å². The molecule has 1 fully saturated rings. The van der Waals surface area contributed by atoms with Crippen molar-refractivity contribution < 1.29 is 9.90 Å². The molecule has 0 aromatic heterocycles. The minimum Gasteiger partial charge on any atom is -0.480 e. The molecule has 0 aromatic rings. The van der Waals surface area contributed by atoms with Gasteiger partial charge >= 0.3 is 5.97 Å². The van der Waals surface area contributed by atoms with Crippen LogP contribution in [0.1, 0.15) is 6.92 Å². The van der Waals surface area contributed by atoms with Crippen LogP contribution in [0.2, 0.25) is 0 Å². The maximum Gasteiger partial charge on any atom is 0.320 e. The molecule has 1 rings (SSSR count). The minimum atomic E-state index is -0.963. The Hall–Kier alpha value is -0.650. The van der Waals surface area contributed by atoms with Gasteiger partial charge in [-0.15, -0.1) is 0 Å². The summed E-state index contributed by atoms with van der Waals surface area (Å²) < 4.78 is 0. The van der Waals surface area contributed by atoms with E-state index in [2.05, 4.69) is 10.6 Å². The van der Waals surface area contributed by atoms with Gasteiger partial charge in [0.05, 0.1) is 0 Å². The largest absolute Gasteiger partial charge is 0.480 e. The number of piperazine rings is 1. The van der Waals surface area contributed by atoms with E-state index in [9.17, 15) is 4.79 Å². The SMILES string of the molecule is C1CNCCN1.C[C@H](N)C(=O)O. The van der Waals surface area contributed by atoms with E-state index in [0.717, 1.165) is 26.2 Å². The van der Waals surface area contributed by atoms with Crippen molar-refractivity contribution >= 4 is 5.97 Å². The first-order valence-corrected chi connectivity index (χ1v) is 4.04. The van der Waals surface area contributed by atoms with Crippen LogP contribution < -0.4 is 16.4 Å². The maximum atomic E-state index is 9.57. The number of aliphatic carboxylic acids is 1. The lowest BCUT2D eigenvalue weighted by atomic mass is 10.4. The van der Waals surface area contributed by atoms with Gasteiger partial charge in [0, 0.05) is 26.2 Å². The lowest BCUT2D eigenvalue weighted by molar-refractivity contribution is -0.138. The van der Waals surface area contributed by atoms with Crippen molar-refractivity contribution in [2.45, 2.75) is 13.0 Å². The number of nitrogens with two attached hydrogens (primary N) is 1. The average Bonchev–Trinajstić information content (AvgIpc) is 2.08. The second-order valence-corrected chi connectivity index (χ2v) is 2.63. The highest BCUT2D eigenvalue weighted by Crippen LogP contribution is 1.68. The van der Waals surface area contributed by atoms with Gasteiger partial charge in [0.15, 0.2) is 0 Å². The summed E-state index contributed by atoms with van der Waals surface area (Å²) in [6, 6.07) is -0.731. The summed E-state index contributed by atoms with van der Waals surface area (Å²) in [6.45, 7) is 5.97. The number of carboxylic acids is 1. The minimum absolute atomic E-state index is 0.731. The molecule has 0 saturated carbocycles. The molecule has 5 N–H and O–H groups in total. The van der Waals surface area contributed by atoms with Crippen LogP contribution in [-0.2, 0) is 4.79 Å². The quantitative estimate of drug-likeness (QED) is 0.393. The summed E-state index contributed by atoms with van der Waals surface area (Å²) in [6.07, 6.45) is 0. The highest BCUT2D eigenvalue weighted by Gasteiger charge is 1.99. The summed E-state index contributed by atoms with van der Waals surface area (Å²) in [7, 11) is 0. The molecule has 0 aromatic carbocycles. The van der Waals surface area contributed by atoms with E-state index >= 15 is 0 Å². The zero-order valence-electron chi connectivity index (χ0n) is 7.34. The third kappa shape index (κ3) is 7.46. The van der Waals surface area contributed by atoms with Gasteiger partial charge in [-0.25, -0.2) is 0 Å². The normalized spacial score (nSPS) is 18.8. The summed E-state index contributed by atoms with van der Waals surface area (Å²) >= 11 is 0. The number of carboxylic acid groups (broad SMARTS) is 1. The molecular weight excluding hydrogens is 158 g/mol. The molecular formula is C7H17N3O2. The predicted molar refractivity (Wildman–Crippen MR) is 47.0 cm³/mol. The molecule has 5 nitrogen and oxygen atoms in total. The Balaban J connectivity index is 0.000000202. The van der Waals surface area contributed by atoms with E-state index in [1.54, 1.807) is 0 Å². The molecule has 0 radical (unpaired) electrons. The monoisotopic (exact) mass is 175 g/mol. The number of hydrogen-bond acceptors (Lipinski definition) is 4. The molecule has 1 atom stereocenters. The Labute approximate surface area is 72.3 Å². The van der Waals surface area contributed by atoms with Gasteiger partial charge in [0.1, 0.15) is 6.04 Å². The molecule has 0 amide bonds. The Morgan fingerprint density at radius 1 is 1.33 bits per heavy atom. The second kappa shape index (κ2) is 7.02. The van der Waals surface area contributed by atoms with Crippen molar-refractivity contribution in [2.75, 3.05) is 26.2 Å². The summed E-state index contributed by atoms with van der Waals surface area (Å²) in [5, 5.41) is 14.3. The molecule has 5 heteroatoms. The number of hydrogen-bond donors (Lipinski definition) is 4. The molecule has 1 heterocycles. The Bertz CT molecular complexity index is 112. The van der Waals surface area contributed by atoms with Gasteiger partial charge in [0.25, 0.3) is 0 Å². The Morgan fingerprint density at radius 2 is 1.58 bits per heavy atom. The lowest BCUT2D eigenvalue weighted by Crippen LogP contribution is -2.39. The molecule has 72 valence electrons. The van der Waals surface area contributed by atoms with E-state index in [-0.39, 0.29) is 0 Å². The van der Waals surface area contributed by atoms with Crippen molar-refractivity contribution in [1.29, 1.82) is 0 Å². The van der Waals surface area contributed by atoms with Crippen LogP contribution >= 0.6 is 0 Å². The number of nitrogens with one attached hydrogen (secondary N) is 2. The molecule has 0 unspecified atom stereocenters. The van der Waals surface area contributed by atoms with Crippen LogP contribution in [0.25, 0.3) is 0 Å². The van der Waals surface area contributed by atoms with E-state index < -0.39 is 12.0 Å². The van der Waals surface area contributed by atoms with E-state index in [0.29, 0.717) is 0 Å². The van der Waals surface area contributed by atoms with Crippen molar-refractivity contribution in [3.63, 3.8) is 0 Å². The van der Waals surface area contributed by atoms with Crippen molar-refractivity contribution in [3.8, 4) is 0 Å². The molecule has 12 heavy (non-hydrogen) atoms. The first-order chi connectivity index (χ1) is 5.64. The van der Waals surface area contributed by atoms with Crippen LogP contribution in [0.5, 0.6) is 0 Å². The standard InChI is InChI=1S/C4H10N2.C3H7NO2/c1-2-6-4-3-5-1;1-2(4)3(5)6/h5-6H,1-4H2;2H,4H2,1H3,(H,5,6)/t;2-/m.0/s1. The number of carbonyl (C=O) groups is 1. The highest BCUT2D eigenvalue weighted by atomic mass is 16.4. The van der Waals surface area contributed by atoms with Crippen molar-refractivity contribution in [1.82, 2.24) is 10.6 Å². The summed E-state index contributed by atoms with van der Waals surface area (Å²) in [4.78, 5) is 9.57. The van der Waals surface area contributed by atoms with Crippen LogP contribution in [0, 0.1) is 0 Å². The molecule has 0 bridgehead atoms. The molecule has 0 aliphatic carbocycles. The van der Waals surface area contributed by atoms with Gasteiger partial charge in [-0.1, -0.05) is 0 Å². The topological polar surface area (TPSA) is 87.4 Å². The van der Waals surface area contributed by atoms with E-state index in [1.807, 2.05) is 0 Å². The van der Waals surface area contributed by atoms with E-state index in [4.69, 9.17) is 10.8 Å². The first kappa shape index (κ1) is 11.4. The molecule has 1 saturated heterocycles. The lowest BCUT2D eigenvalue weighted by Gasteiger charge is -2.11. The maximum absolute atomic E-state index is 9.57. The number of rotatable bonds is 1. The van der Waals surface area contributed by atoms with Gasteiger partial charge in [-0.2, -0.15) is 0 Å². The van der Waals surface area contributed by atoms with Crippen LogP contribution in [0.15, 0.2) is 0 Å². The zero-order chi connectivity index (χ0) is 9.40. The molecule has 0 spiro atoms. The first-order valence-electron chi connectivity index (χ1n) is 4.04. The van der Waals surface area contributed by atoms with Crippen LogP contribution in [0.4, 0.5) is 0 Å². The van der Waals surface area contributed by atoms with Crippen LogP contribution in [0.3, 0.4) is 0 Å². The fourth-order valence-corrected chi connectivity index (χ4v) is 0.604. The smallest absolute Gasteiger partial charge is 0.320 e. The average molecular weight is 175 g/mol. The zero-order valence-corrected chi connectivity index (χ0v) is 7.34. The fraction of sp³-hybridized carbons (Fsp3) is 0.857. The van der Waals surface area contributed by atoms with E-state index in [1.165, 1.54) is 6.92 Å². The molecule has 1 aliphatic heterocycles.